The lowest BCUT2D eigenvalue weighted by Gasteiger charge is -2.23. The molecule has 0 saturated heterocycles. The second-order valence-electron chi connectivity index (χ2n) is 6.03. The highest BCUT2D eigenvalue weighted by molar-refractivity contribution is 5.97. The Morgan fingerprint density at radius 3 is 2.62 bits per heavy atom. The molecule has 1 unspecified atom stereocenters. The third-order valence-electron chi connectivity index (χ3n) is 4.41. The molecule has 24 heavy (non-hydrogen) atoms. The maximum absolute atomic E-state index is 12.6. The zero-order valence-electron chi connectivity index (χ0n) is 14.2. The van der Waals surface area contributed by atoms with Crippen molar-refractivity contribution in [2.75, 3.05) is 13.6 Å². The van der Waals surface area contributed by atoms with Gasteiger partial charge in [-0.1, -0.05) is 18.2 Å². The van der Waals surface area contributed by atoms with Crippen molar-refractivity contribution in [2.24, 2.45) is 5.73 Å². The molecule has 1 aromatic heterocycles. The molecule has 0 radical (unpaired) electrons. The van der Waals surface area contributed by atoms with Gasteiger partial charge in [0, 0.05) is 30.9 Å². The number of para-hydroxylation sites is 1. The van der Waals surface area contributed by atoms with Gasteiger partial charge in [0.25, 0.3) is 5.91 Å². The number of likely N-dealkylation sites (N-methyl/N-ethyl adjacent to an activating group) is 1. The molecular weight excluding hydrogens is 300 g/mol. The van der Waals surface area contributed by atoms with Crippen LogP contribution < -0.4 is 5.73 Å². The van der Waals surface area contributed by atoms with E-state index in [0.29, 0.717) is 12.1 Å². The Bertz CT molecular complexity index is 870. The Kier molecular flexibility index (Phi) is 4.36. The van der Waals surface area contributed by atoms with E-state index in [9.17, 15) is 4.79 Å². The number of carbonyl (C=O) groups excluding carboxylic acids is 1. The van der Waals surface area contributed by atoms with Crippen LogP contribution in [0.1, 0.15) is 23.1 Å². The van der Waals surface area contributed by atoms with Crippen LogP contribution in [0.2, 0.25) is 0 Å². The van der Waals surface area contributed by atoms with Gasteiger partial charge in [-0.05, 0) is 44.2 Å². The van der Waals surface area contributed by atoms with E-state index in [1.54, 1.807) is 11.9 Å². The molecule has 1 heterocycles. The molecule has 3 rings (SSSR count). The zero-order valence-corrected chi connectivity index (χ0v) is 14.2. The fourth-order valence-electron chi connectivity index (χ4n) is 2.80. The number of carbonyl (C=O) groups is 1. The van der Waals surface area contributed by atoms with E-state index >= 15 is 0 Å². The molecule has 5 heteroatoms. The van der Waals surface area contributed by atoms with Crippen LogP contribution in [0.4, 0.5) is 0 Å². The summed E-state index contributed by atoms with van der Waals surface area (Å²) in [4.78, 5) is 18.9. The number of rotatable bonds is 4. The zero-order chi connectivity index (χ0) is 17.3. The molecule has 0 aliphatic rings. The van der Waals surface area contributed by atoms with Gasteiger partial charge in [-0.25, -0.2) is 4.98 Å². The molecule has 0 saturated carbocycles. The third-order valence-corrected chi connectivity index (χ3v) is 4.41. The van der Waals surface area contributed by atoms with Crippen molar-refractivity contribution in [3.63, 3.8) is 0 Å². The number of hydrogen-bond donors (Lipinski definition) is 1. The predicted octanol–water partition coefficient (Wildman–Crippen LogP) is 2.75. The standard InChI is InChI=1S/C19H22N4O/c1-13(12-20)22(3)19(24)15-9-10-18-17(11-15)21-14(2)23(18)16-7-5-4-6-8-16/h4-11,13H,12,20H2,1-3H3. The van der Waals surface area contributed by atoms with Crippen molar-refractivity contribution >= 4 is 16.9 Å². The van der Waals surface area contributed by atoms with Gasteiger partial charge in [0.2, 0.25) is 0 Å². The summed E-state index contributed by atoms with van der Waals surface area (Å²) in [6.45, 7) is 4.34. The van der Waals surface area contributed by atoms with Crippen LogP contribution in [0.3, 0.4) is 0 Å². The normalized spacial score (nSPS) is 12.3. The molecule has 0 spiro atoms. The Morgan fingerprint density at radius 2 is 1.96 bits per heavy atom. The van der Waals surface area contributed by atoms with E-state index in [2.05, 4.69) is 9.55 Å². The number of imidazole rings is 1. The maximum atomic E-state index is 12.6. The molecule has 3 aromatic rings. The topological polar surface area (TPSA) is 64.2 Å². The van der Waals surface area contributed by atoms with Gasteiger partial charge in [0.1, 0.15) is 5.82 Å². The fourth-order valence-corrected chi connectivity index (χ4v) is 2.80. The summed E-state index contributed by atoms with van der Waals surface area (Å²) >= 11 is 0. The summed E-state index contributed by atoms with van der Waals surface area (Å²) in [6, 6.07) is 15.7. The molecule has 1 amide bonds. The molecule has 2 aromatic carbocycles. The lowest BCUT2D eigenvalue weighted by molar-refractivity contribution is 0.0748. The first-order valence-electron chi connectivity index (χ1n) is 8.04. The minimum atomic E-state index is -0.0400. The quantitative estimate of drug-likeness (QED) is 0.803. The van der Waals surface area contributed by atoms with E-state index in [4.69, 9.17) is 5.73 Å². The van der Waals surface area contributed by atoms with Crippen LogP contribution in [0.15, 0.2) is 48.5 Å². The second kappa shape index (κ2) is 6.45. The van der Waals surface area contributed by atoms with E-state index in [-0.39, 0.29) is 11.9 Å². The van der Waals surface area contributed by atoms with Gasteiger partial charge in [0.15, 0.2) is 0 Å². The molecule has 0 aliphatic carbocycles. The predicted molar refractivity (Wildman–Crippen MR) is 96.4 cm³/mol. The molecule has 0 fully saturated rings. The monoisotopic (exact) mass is 322 g/mol. The smallest absolute Gasteiger partial charge is 0.253 e. The lowest BCUT2D eigenvalue weighted by Crippen LogP contribution is -2.39. The number of aromatic nitrogens is 2. The van der Waals surface area contributed by atoms with Gasteiger partial charge >= 0.3 is 0 Å². The first-order valence-corrected chi connectivity index (χ1v) is 8.04. The molecule has 0 aliphatic heterocycles. The number of amides is 1. The Balaban J connectivity index is 2.04. The van der Waals surface area contributed by atoms with Crippen LogP contribution >= 0.6 is 0 Å². The van der Waals surface area contributed by atoms with Crippen LogP contribution in [-0.4, -0.2) is 40.0 Å². The molecule has 0 bridgehead atoms. The minimum Gasteiger partial charge on any atom is -0.338 e. The van der Waals surface area contributed by atoms with Gasteiger partial charge < -0.3 is 10.6 Å². The summed E-state index contributed by atoms with van der Waals surface area (Å²) < 4.78 is 2.09. The number of aryl methyl sites for hydroxylation is 1. The first-order chi connectivity index (χ1) is 11.5. The van der Waals surface area contributed by atoms with Gasteiger partial charge in [0.05, 0.1) is 11.0 Å². The van der Waals surface area contributed by atoms with E-state index in [0.717, 1.165) is 22.5 Å². The highest BCUT2D eigenvalue weighted by Crippen LogP contribution is 2.23. The molecular formula is C19H22N4O. The van der Waals surface area contributed by atoms with Crippen molar-refractivity contribution in [2.45, 2.75) is 19.9 Å². The summed E-state index contributed by atoms with van der Waals surface area (Å²) in [7, 11) is 1.78. The van der Waals surface area contributed by atoms with Gasteiger partial charge in [-0.2, -0.15) is 0 Å². The van der Waals surface area contributed by atoms with Crippen LogP contribution in [0.5, 0.6) is 0 Å². The van der Waals surface area contributed by atoms with Crippen molar-refractivity contribution in [1.82, 2.24) is 14.5 Å². The van der Waals surface area contributed by atoms with E-state index < -0.39 is 0 Å². The average molecular weight is 322 g/mol. The summed E-state index contributed by atoms with van der Waals surface area (Å²) in [6.07, 6.45) is 0. The molecule has 2 N–H and O–H groups in total. The molecule has 5 nitrogen and oxygen atoms in total. The Hall–Kier alpha value is -2.66. The third kappa shape index (κ3) is 2.78. The number of fused-ring (bicyclic) bond motifs is 1. The fraction of sp³-hybridized carbons (Fsp3) is 0.263. The average Bonchev–Trinajstić information content (AvgIpc) is 2.95. The van der Waals surface area contributed by atoms with Crippen LogP contribution in [-0.2, 0) is 0 Å². The van der Waals surface area contributed by atoms with E-state index in [1.165, 1.54) is 0 Å². The lowest BCUT2D eigenvalue weighted by atomic mass is 10.1. The highest BCUT2D eigenvalue weighted by atomic mass is 16.2. The van der Waals surface area contributed by atoms with Crippen LogP contribution in [0.25, 0.3) is 16.7 Å². The van der Waals surface area contributed by atoms with Crippen molar-refractivity contribution in [3.8, 4) is 5.69 Å². The minimum absolute atomic E-state index is 0.00295. The summed E-state index contributed by atoms with van der Waals surface area (Å²) in [5.74, 6) is 0.853. The van der Waals surface area contributed by atoms with Crippen molar-refractivity contribution < 1.29 is 4.79 Å². The molecule has 1 atom stereocenters. The molecule has 124 valence electrons. The van der Waals surface area contributed by atoms with Crippen LogP contribution in [0, 0.1) is 6.92 Å². The summed E-state index contributed by atoms with van der Waals surface area (Å²) in [5, 5.41) is 0. The number of nitrogens with zero attached hydrogens (tertiary/aromatic N) is 3. The van der Waals surface area contributed by atoms with Gasteiger partial charge in [-0.3, -0.25) is 9.36 Å². The second-order valence-corrected chi connectivity index (χ2v) is 6.03. The largest absolute Gasteiger partial charge is 0.338 e. The van der Waals surface area contributed by atoms with Gasteiger partial charge in [-0.15, -0.1) is 0 Å². The number of nitrogens with two attached hydrogens (primary N) is 1. The van der Waals surface area contributed by atoms with Crippen molar-refractivity contribution in [3.05, 3.63) is 59.9 Å². The number of hydrogen-bond acceptors (Lipinski definition) is 3. The highest BCUT2D eigenvalue weighted by Gasteiger charge is 2.18. The SMILES string of the molecule is Cc1nc2cc(C(=O)N(C)C(C)CN)ccc2n1-c1ccccc1. The van der Waals surface area contributed by atoms with E-state index in [1.807, 2.05) is 62.4 Å². The first kappa shape index (κ1) is 16.2. The summed E-state index contributed by atoms with van der Waals surface area (Å²) in [5.41, 5.74) is 9.15. The Morgan fingerprint density at radius 1 is 1.25 bits per heavy atom. The Labute approximate surface area is 141 Å². The van der Waals surface area contributed by atoms with Crippen molar-refractivity contribution in [1.29, 1.82) is 0 Å². The maximum Gasteiger partial charge on any atom is 0.253 e. The number of benzene rings is 2.